The first-order chi connectivity index (χ1) is 14.6. The van der Waals surface area contributed by atoms with Crippen molar-refractivity contribution in [3.05, 3.63) is 59.4 Å². The lowest BCUT2D eigenvalue weighted by molar-refractivity contribution is 0.355. The molecule has 2 aromatic carbocycles. The van der Waals surface area contributed by atoms with Crippen LogP contribution in [0, 0.1) is 5.82 Å². The minimum atomic E-state index is -0.315. The van der Waals surface area contributed by atoms with Crippen LogP contribution in [0.3, 0.4) is 0 Å². The molecule has 0 aliphatic carbocycles. The predicted octanol–water partition coefficient (Wildman–Crippen LogP) is 4.23. The molecule has 2 aromatic heterocycles. The monoisotopic (exact) mass is 443 g/mol. The van der Waals surface area contributed by atoms with E-state index in [1.165, 1.54) is 28.6 Å². The number of aromatic nitrogens is 4. The van der Waals surface area contributed by atoms with Crippen molar-refractivity contribution < 1.29 is 13.9 Å². The van der Waals surface area contributed by atoms with E-state index in [4.69, 9.17) is 20.3 Å². The van der Waals surface area contributed by atoms with Crippen LogP contribution in [-0.4, -0.2) is 34.1 Å². The lowest BCUT2D eigenvalue weighted by atomic mass is 10.2. The zero-order chi connectivity index (χ0) is 21.1. The Kier molecular flexibility index (Phi) is 5.86. The molecule has 154 valence electrons. The molecular formula is C20H18FN5O2S2. The first kappa shape index (κ1) is 20.2. The Bertz CT molecular complexity index is 1160. The summed E-state index contributed by atoms with van der Waals surface area (Å²) >= 11 is 2.98. The highest BCUT2D eigenvalue weighted by Gasteiger charge is 2.14. The van der Waals surface area contributed by atoms with Crippen LogP contribution in [0.15, 0.2) is 53.0 Å². The fraction of sp³-hybridized carbons (Fsp3) is 0.150. The summed E-state index contributed by atoms with van der Waals surface area (Å²) in [6.07, 6.45) is 0. The van der Waals surface area contributed by atoms with Gasteiger partial charge in [0, 0.05) is 22.3 Å². The fourth-order valence-corrected chi connectivity index (χ4v) is 4.46. The smallest absolute Gasteiger partial charge is 0.210 e. The van der Waals surface area contributed by atoms with Gasteiger partial charge < -0.3 is 15.3 Å². The second-order valence-corrected chi connectivity index (χ2v) is 7.99. The van der Waals surface area contributed by atoms with Crippen molar-refractivity contribution in [3.8, 4) is 33.5 Å². The number of ether oxygens (including phenoxy) is 2. The summed E-state index contributed by atoms with van der Waals surface area (Å²) in [4.78, 5) is 4.69. The van der Waals surface area contributed by atoms with Gasteiger partial charge in [0.1, 0.15) is 10.8 Å². The summed E-state index contributed by atoms with van der Waals surface area (Å²) in [6, 6.07) is 11.7. The molecule has 0 amide bonds. The number of benzene rings is 2. The molecule has 0 aliphatic rings. The average Bonchev–Trinajstić information content (AvgIpc) is 3.39. The molecule has 0 bridgehead atoms. The summed E-state index contributed by atoms with van der Waals surface area (Å²) in [6.45, 7) is 0. The van der Waals surface area contributed by atoms with Crippen molar-refractivity contribution in [2.45, 2.75) is 10.9 Å². The van der Waals surface area contributed by atoms with Crippen LogP contribution in [-0.2, 0) is 5.75 Å². The predicted molar refractivity (Wildman–Crippen MR) is 116 cm³/mol. The van der Waals surface area contributed by atoms with Crippen molar-refractivity contribution in [2.24, 2.45) is 0 Å². The number of nitrogen functional groups attached to an aromatic ring is 1. The van der Waals surface area contributed by atoms with Crippen molar-refractivity contribution in [1.82, 2.24) is 19.9 Å². The molecule has 0 radical (unpaired) electrons. The zero-order valence-electron chi connectivity index (χ0n) is 16.2. The van der Waals surface area contributed by atoms with Crippen molar-refractivity contribution >= 4 is 23.1 Å². The van der Waals surface area contributed by atoms with E-state index in [2.05, 4.69) is 10.2 Å². The zero-order valence-corrected chi connectivity index (χ0v) is 17.8. The van der Waals surface area contributed by atoms with Gasteiger partial charge in [0.2, 0.25) is 5.16 Å². The van der Waals surface area contributed by atoms with Crippen LogP contribution in [0.1, 0.15) is 5.69 Å². The van der Waals surface area contributed by atoms with Crippen LogP contribution in [0.2, 0.25) is 0 Å². The van der Waals surface area contributed by atoms with Gasteiger partial charge in [0.15, 0.2) is 17.3 Å². The molecule has 0 atom stereocenters. The van der Waals surface area contributed by atoms with E-state index in [-0.39, 0.29) is 5.82 Å². The number of rotatable bonds is 7. The average molecular weight is 444 g/mol. The molecule has 0 fully saturated rings. The Hall–Kier alpha value is -3.11. The second-order valence-electron chi connectivity index (χ2n) is 6.19. The summed E-state index contributed by atoms with van der Waals surface area (Å²) in [5.74, 6) is 8.20. The van der Waals surface area contributed by atoms with Crippen LogP contribution >= 0.6 is 23.1 Å². The van der Waals surface area contributed by atoms with Gasteiger partial charge in [0.05, 0.1) is 19.9 Å². The fourth-order valence-electron chi connectivity index (χ4n) is 2.78. The molecule has 2 N–H and O–H groups in total. The number of nitrogens with two attached hydrogens (primary N) is 1. The van der Waals surface area contributed by atoms with Crippen LogP contribution < -0.4 is 15.3 Å². The summed E-state index contributed by atoms with van der Waals surface area (Å²) in [5, 5.41) is 11.7. The van der Waals surface area contributed by atoms with Crippen LogP contribution in [0.5, 0.6) is 11.5 Å². The van der Waals surface area contributed by atoms with Gasteiger partial charge in [-0.1, -0.05) is 11.8 Å². The molecule has 4 rings (SSSR count). The van der Waals surface area contributed by atoms with Gasteiger partial charge in [-0.2, -0.15) is 0 Å². The van der Waals surface area contributed by atoms with Crippen LogP contribution in [0.25, 0.3) is 22.0 Å². The second kappa shape index (κ2) is 8.72. The van der Waals surface area contributed by atoms with Gasteiger partial charge in [0.25, 0.3) is 0 Å². The number of halogens is 1. The van der Waals surface area contributed by atoms with Crippen molar-refractivity contribution in [2.75, 3.05) is 20.1 Å². The standard InChI is InChI=1S/C20H18FN5O2S2/c1-27-16-8-5-13(9-17(16)28-2)19-23-15(10-29-19)11-30-20-25-24-18(26(20)22)12-3-6-14(21)7-4-12/h3-10H,11,22H2,1-2H3. The Morgan fingerprint density at radius 1 is 1.03 bits per heavy atom. The minimum absolute atomic E-state index is 0.315. The Morgan fingerprint density at radius 2 is 1.77 bits per heavy atom. The maximum absolute atomic E-state index is 13.1. The van der Waals surface area contributed by atoms with Crippen LogP contribution in [0.4, 0.5) is 4.39 Å². The van der Waals surface area contributed by atoms with Gasteiger partial charge in [-0.25, -0.2) is 14.1 Å². The topological polar surface area (TPSA) is 88.1 Å². The van der Waals surface area contributed by atoms with E-state index in [1.807, 2.05) is 23.6 Å². The van der Waals surface area contributed by atoms with E-state index in [9.17, 15) is 4.39 Å². The number of nitrogens with zero attached hydrogens (tertiary/aromatic N) is 4. The number of hydrogen-bond donors (Lipinski definition) is 1. The molecule has 0 saturated carbocycles. The molecule has 4 aromatic rings. The summed E-state index contributed by atoms with van der Waals surface area (Å²) < 4.78 is 25.2. The summed E-state index contributed by atoms with van der Waals surface area (Å²) in [5.41, 5.74) is 2.55. The quantitative estimate of drug-likeness (QED) is 0.338. The molecule has 0 spiro atoms. The largest absolute Gasteiger partial charge is 0.493 e. The summed E-state index contributed by atoms with van der Waals surface area (Å²) in [7, 11) is 3.21. The third-order valence-corrected chi connectivity index (χ3v) is 6.22. The lowest BCUT2D eigenvalue weighted by Gasteiger charge is -2.08. The highest BCUT2D eigenvalue weighted by atomic mass is 32.2. The molecule has 10 heteroatoms. The molecule has 7 nitrogen and oxygen atoms in total. The Morgan fingerprint density at radius 3 is 2.50 bits per heavy atom. The third kappa shape index (κ3) is 4.10. The van der Waals surface area contributed by atoms with Gasteiger partial charge >= 0.3 is 0 Å². The Balaban J connectivity index is 1.47. The molecule has 2 heterocycles. The molecular weight excluding hydrogens is 425 g/mol. The van der Waals surface area contributed by atoms with E-state index in [0.29, 0.717) is 33.8 Å². The first-order valence-electron chi connectivity index (χ1n) is 8.85. The maximum atomic E-state index is 13.1. The lowest BCUT2D eigenvalue weighted by Crippen LogP contribution is -2.11. The SMILES string of the molecule is COc1ccc(-c2nc(CSc3nnc(-c4ccc(F)cc4)n3N)cs2)cc1OC. The number of methoxy groups -OCH3 is 2. The van der Waals surface area contributed by atoms with Gasteiger partial charge in [-0.05, 0) is 42.5 Å². The number of hydrogen-bond acceptors (Lipinski definition) is 8. The highest BCUT2D eigenvalue weighted by Crippen LogP contribution is 2.34. The van der Waals surface area contributed by atoms with E-state index in [1.54, 1.807) is 37.7 Å². The third-order valence-electron chi connectivity index (χ3n) is 4.30. The Labute approximate surface area is 180 Å². The highest BCUT2D eigenvalue weighted by molar-refractivity contribution is 7.98. The van der Waals surface area contributed by atoms with Gasteiger partial charge in [-0.15, -0.1) is 21.5 Å². The molecule has 0 saturated heterocycles. The van der Waals surface area contributed by atoms with E-state index >= 15 is 0 Å². The van der Waals surface area contributed by atoms with Crippen molar-refractivity contribution in [3.63, 3.8) is 0 Å². The van der Waals surface area contributed by atoms with E-state index in [0.717, 1.165) is 16.3 Å². The molecule has 0 unspecified atom stereocenters. The number of thiazole rings is 1. The van der Waals surface area contributed by atoms with Crippen molar-refractivity contribution in [1.29, 1.82) is 0 Å². The molecule has 0 aliphatic heterocycles. The van der Waals surface area contributed by atoms with Gasteiger partial charge in [-0.3, -0.25) is 0 Å². The normalized spacial score (nSPS) is 10.9. The minimum Gasteiger partial charge on any atom is -0.493 e. The number of thioether (sulfide) groups is 1. The maximum Gasteiger partial charge on any atom is 0.210 e. The first-order valence-corrected chi connectivity index (χ1v) is 10.7. The van der Waals surface area contributed by atoms with E-state index < -0.39 is 0 Å². The molecule has 30 heavy (non-hydrogen) atoms.